The van der Waals surface area contributed by atoms with Gasteiger partial charge >= 0.3 is 0 Å². The third-order valence-corrected chi connectivity index (χ3v) is 4.41. The number of methoxy groups -OCH3 is 1. The highest BCUT2D eigenvalue weighted by molar-refractivity contribution is 9.10. The van der Waals surface area contributed by atoms with Gasteiger partial charge in [0.1, 0.15) is 5.75 Å². The van der Waals surface area contributed by atoms with Crippen LogP contribution in [0.4, 0.5) is 5.69 Å². The van der Waals surface area contributed by atoms with Crippen LogP contribution in [0, 0.1) is 6.92 Å². The topological polar surface area (TPSA) is 21.3 Å². The van der Waals surface area contributed by atoms with E-state index in [0.717, 1.165) is 36.5 Å². The van der Waals surface area contributed by atoms with Crippen LogP contribution in [0.15, 0.2) is 39.3 Å². The number of halogens is 3. The lowest BCUT2D eigenvalue weighted by atomic mass is 10.1. The number of anilines is 1. The van der Waals surface area contributed by atoms with Crippen LogP contribution < -0.4 is 10.1 Å². The molecule has 106 valence electrons. The summed E-state index contributed by atoms with van der Waals surface area (Å²) in [5.41, 5.74) is 3.21. The molecule has 0 fully saturated rings. The van der Waals surface area contributed by atoms with Crippen LogP contribution in [0.5, 0.6) is 5.75 Å². The van der Waals surface area contributed by atoms with Crippen LogP contribution in [0.3, 0.4) is 0 Å². The number of nitrogens with one attached hydrogen (secondary N) is 1. The molecule has 2 nitrogen and oxygen atoms in total. The Morgan fingerprint density at radius 1 is 1.20 bits per heavy atom. The van der Waals surface area contributed by atoms with Crippen molar-refractivity contribution < 1.29 is 4.74 Å². The number of hydrogen-bond donors (Lipinski definition) is 1. The van der Waals surface area contributed by atoms with Crippen LogP contribution in [0.25, 0.3) is 0 Å². The first-order valence-electron chi connectivity index (χ1n) is 6.03. The van der Waals surface area contributed by atoms with Gasteiger partial charge in [-0.05, 0) is 48.4 Å². The zero-order chi connectivity index (χ0) is 14.7. The lowest BCUT2D eigenvalue weighted by molar-refractivity contribution is 0.416. The highest BCUT2D eigenvalue weighted by atomic mass is 79.9. The van der Waals surface area contributed by atoms with Crippen molar-refractivity contribution in [1.82, 2.24) is 0 Å². The molecule has 0 saturated heterocycles. The first-order valence-corrected chi connectivity index (χ1v) is 7.99. The van der Waals surface area contributed by atoms with Gasteiger partial charge in [-0.25, -0.2) is 0 Å². The molecule has 0 radical (unpaired) electrons. The van der Waals surface area contributed by atoms with Gasteiger partial charge < -0.3 is 10.1 Å². The quantitative estimate of drug-likeness (QED) is 0.677. The van der Waals surface area contributed by atoms with Gasteiger partial charge in [0.05, 0.1) is 12.8 Å². The molecule has 20 heavy (non-hydrogen) atoms. The van der Waals surface area contributed by atoms with Crippen molar-refractivity contribution in [1.29, 1.82) is 0 Å². The third kappa shape index (κ3) is 3.68. The second-order valence-corrected chi connectivity index (χ2v) is 6.60. The molecular weight excluding hydrogens is 405 g/mol. The molecule has 2 aromatic carbocycles. The molecule has 2 aromatic rings. The molecule has 0 aromatic heterocycles. The van der Waals surface area contributed by atoms with E-state index >= 15 is 0 Å². The number of rotatable bonds is 4. The Morgan fingerprint density at radius 3 is 2.65 bits per heavy atom. The molecule has 0 atom stereocenters. The monoisotopic (exact) mass is 417 g/mol. The maximum absolute atomic E-state index is 6.03. The van der Waals surface area contributed by atoms with Gasteiger partial charge in [-0.3, -0.25) is 0 Å². The minimum absolute atomic E-state index is 0.667. The van der Waals surface area contributed by atoms with E-state index in [9.17, 15) is 0 Å². The fourth-order valence-electron chi connectivity index (χ4n) is 1.96. The lowest BCUT2D eigenvalue weighted by Crippen LogP contribution is -2.04. The Labute approximate surface area is 140 Å². The molecule has 0 aliphatic carbocycles. The van der Waals surface area contributed by atoms with Crippen LogP contribution >= 0.6 is 43.5 Å². The van der Waals surface area contributed by atoms with Gasteiger partial charge in [-0.1, -0.05) is 43.5 Å². The van der Waals surface area contributed by atoms with Crippen molar-refractivity contribution in [2.24, 2.45) is 0 Å². The van der Waals surface area contributed by atoms with Crippen LogP contribution in [0.2, 0.25) is 5.02 Å². The predicted octanol–water partition coefficient (Wildman–Crippen LogP) is 5.79. The molecular formula is C15H14Br2ClNO. The Kier molecular flexibility index (Phi) is 5.35. The standard InChI is InChI=1S/C15H14Br2ClNO/c1-9-5-11(16)7-14(20-2)15(9)19-8-10-6-12(18)3-4-13(10)17/h3-7,19H,8H2,1-2H3. The molecule has 0 bridgehead atoms. The van der Waals surface area contributed by atoms with E-state index in [4.69, 9.17) is 16.3 Å². The summed E-state index contributed by atoms with van der Waals surface area (Å²) in [6.07, 6.45) is 0. The van der Waals surface area contributed by atoms with E-state index in [1.54, 1.807) is 7.11 Å². The Balaban J connectivity index is 2.25. The van der Waals surface area contributed by atoms with E-state index in [1.807, 2.05) is 31.2 Å². The summed E-state index contributed by atoms with van der Waals surface area (Å²) < 4.78 is 7.45. The molecule has 0 unspecified atom stereocenters. The summed E-state index contributed by atoms with van der Waals surface area (Å²) in [7, 11) is 1.67. The van der Waals surface area contributed by atoms with Crippen molar-refractivity contribution in [3.05, 3.63) is 55.4 Å². The number of ether oxygens (including phenoxy) is 1. The van der Waals surface area contributed by atoms with E-state index in [2.05, 4.69) is 43.2 Å². The molecule has 0 heterocycles. The normalized spacial score (nSPS) is 10.4. The van der Waals surface area contributed by atoms with Gasteiger partial charge in [-0.15, -0.1) is 0 Å². The molecule has 2 rings (SSSR count). The largest absolute Gasteiger partial charge is 0.495 e. The summed E-state index contributed by atoms with van der Waals surface area (Å²) in [4.78, 5) is 0. The van der Waals surface area contributed by atoms with Gasteiger partial charge in [0.15, 0.2) is 0 Å². The Bertz CT molecular complexity index is 632. The van der Waals surface area contributed by atoms with Crippen molar-refractivity contribution in [2.45, 2.75) is 13.5 Å². The maximum atomic E-state index is 6.03. The zero-order valence-electron chi connectivity index (χ0n) is 11.1. The molecule has 0 aliphatic rings. The zero-order valence-corrected chi connectivity index (χ0v) is 15.1. The van der Waals surface area contributed by atoms with Crippen LogP contribution in [-0.4, -0.2) is 7.11 Å². The minimum atomic E-state index is 0.667. The molecule has 1 N–H and O–H groups in total. The predicted molar refractivity (Wildman–Crippen MR) is 91.9 cm³/mol. The van der Waals surface area contributed by atoms with Crippen molar-refractivity contribution >= 4 is 49.1 Å². The van der Waals surface area contributed by atoms with Crippen LogP contribution in [0.1, 0.15) is 11.1 Å². The van der Waals surface area contributed by atoms with E-state index < -0.39 is 0 Å². The Hall–Kier alpha value is -0.710. The van der Waals surface area contributed by atoms with E-state index in [1.165, 1.54) is 0 Å². The highest BCUT2D eigenvalue weighted by Crippen LogP contribution is 2.33. The number of hydrogen-bond acceptors (Lipinski definition) is 2. The summed E-state index contributed by atoms with van der Waals surface area (Å²) in [6.45, 7) is 2.71. The summed E-state index contributed by atoms with van der Waals surface area (Å²) in [5, 5.41) is 4.14. The maximum Gasteiger partial charge on any atom is 0.143 e. The van der Waals surface area contributed by atoms with Gasteiger partial charge in [-0.2, -0.15) is 0 Å². The van der Waals surface area contributed by atoms with E-state index in [-0.39, 0.29) is 0 Å². The van der Waals surface area contributed by atoms with Gasteiger partial charge in [0.25, 0.3) is 0 Å². The summed E-state index contributed by atoms with van der Waals surface area (Å²) >= 11 is 13.0. The summed E-state index contributed by atoms with van der Waals surface area (Å²) in [5.74, 6) is 0.815. The van der Waals surface area contributed by atoms with Crippen molar-refractivity contribution in [3.63, 3.8) is 0 Å². The molecule has 0 amide bonds. The average Bonchev–Trinajstić information content (AvgIpc) is 2.40. The molecule has 0 spiro atoms. The van der Waals surface area contributed by atoms with Crippen molar-refractivity contribution in [3.8, 4) is 5.75 Å². The van der Waals surface area contributed by atoms with E-state index in [0.29, 0.717) is 6.54 Å². The first kappa shape index (κ1) is 15.7. The lowest BCUT2D eigenvalue weighted by Gasteiger charge is -2.15. The number of aryl methyl sites for hydroxylation is 1. The number of benzene rings is 2. The van der Waals surface area contributed by atoms with Crippen LogP contribution in [-0.2, 0) is 6.54 Å². The first-order chi connectivity index (χ1) is 9.51. The molecule has 0 aliphatic heterocycles. The second kappa shape index (κ2) is 6.83. The molecule has 5 heteroatoms. The Morgan fingerprint density at radius 2 is 1.95 bits per heavy atom. The fourth-order valence-corrected chi connectivity index (χ4v) is 3.10. The van der Waals surface area contributed by atoms with Crippen molar-refractivity contribution in [2.75, 3.05) is 12.4 Å². The second-order valence-electron chi connectivity index (χ2n) is 4.39. The average molecular weight is 420 g/mol. The molecule has 0 saturated carbocycles. The van der Waals surface area contributed by atoms with Gasteiger partial charge in [0.2, 0.25) is 0 Å². The SMILES string of the molecule is COc1cc(Br)cc(C)c1NCc1cc(Cl)ccc1Br. The minimum Gasteiger partial charge on any atom is -0.495 e. The highest BCUT2D eigenvalue weighted by Gasteiger charge is 2.09. The fraction of sp³-hybridized carbons (Fsp3) is 0.200. The smallest absolute Gasteiger partial charge is 0.143 e. The summed E-state index contributed by atoms with van der Waals surface area (Å²) in [6, 6.07) is 9.76. The third-order valence-electron chi connectivity index (χ3n) is 2.95. The van der Waals surface area contributed by atoms with Gasteiger partial charge in [0, 0.05) is 20.5 Å².